The van der Waals surface area contributed by atoms with Gasteiger partial charge < -0.3 is 5.32 Å². The SMILES string of the molecule is C[S@@](=O)c1ccc(NC(=O)/C=C/c2ccc([N+](=O)[O-])cc2)cc1. The Morgan fingerprint density at radius 1 is 1.13 bits per heavy atom. The Morgan fingerprint density at radius 3 is 2.26 bits per heavy atom. The molecule has 23 heavy (non-hydrogen) atoms. The Labute approximate surface area is 135 Å². The second-order valence-corrected chi connectivity index (χ2v) is 6.03. The summed E-state index contributed by atoms with van der Waals surface area (Å²) in [6.07, 6.45) is 4.49. The third-order valence-corrected chi connectivity index (χ3v) is 3.92. The number of rotatable bonds is 5. The van der Waals surface area contributed by atoms with Crippen molar-refractivity contribution in [2.75, 3.05) is 11.6 Å². The van der Waals surface area contributed by atoms with Gasteiger partial charge in [-0.3, -0.25) is 19.1 Å². The predicted molar refractivity (Wildman–Crippen MR) is 89.5 cm³/mol. The topological polar surface area (TPSA) is 89.3 Å². The fourth-order valence-electron chi connectivity index (χ4n) is 1.79. The molecule has 2 aromatic rings. The zero-order valence-electron chi connectivity index (χ0n) is 12.3. The van der Waals surface area contributed by atoms with E-state index in [9.17, 15) is 19.1 Å². The Kier molecular flexibility index (Phi) is 5.37. The maximum absolute atomic E-state index is 11.8. The van der Waals surface area contributed by atoms with Crippen LogP contribution in [0.2, 0.25) is 0 Å². The molecule has 0 unspecified atom stereocenters. The molecule has 0 spiro atoms. The molecule has 2 rings (SSSR count). The third kappa shape index (κ3) is 4.86. The van der Waals surface area contributed by atoms with E-state index in [1.165, 1.54) is 18.2 Å². The van der Waals surface area contributed by atoms with Crippen LogP contribution in [0.3, 0.4) is 0 Å². The van der Waals surface area contributed by atoms with E-state index in [1.807, 2.05) is 0 Å². The molecule has 0 fully saturated rings. The molecular formula is C16H14N2O4S. The number of nitro benzene ring substituents is 1. The van der Waals surface area contributed by atoms with Gasteiger partial charge in [-0.1, -0.05) is 0 Å². The van der Waals surface area contributed by atoms with Gasteiger partial charge in [0.2, 0.25) is 5.91 Å². The quantitative estimate of drug-likeness (QED) is 0.518. The molecule has 2 aromatic carbocycles. The molecule has 0 aliphatic carbocycles. The van der Waals surface area contributed by atoms with Gasteiger partial charge in [0.25, 0.3) is 5.69 Å². The molecule has 0 saturated heterocycles. The van der Waals surface area contributed by atoms with Crippen LogP contribution in [0.25, 0.3) is 6.08 Å². The van der Waals surface area contributed by atoms with Crippen LogP contribution in [-0.2, 0) is 15.6 Å². The molecular weight excluding hydrogens is 316 g/mol. The van der Waals surface area contributed by atoms with Crippen LogP contribution in [-0.4, -0.2) is 21.3 Å². The zero-order valence-corrected chi connectivity index (χ0v) is 13.1. The van der Waals surface area contributed by atoms with Crippen molar-refractivity contribution in [2.45, 2.75) is 4.90 Å². The molecule has 7 heteroatoms. The minimum Gasteiger partial charge on any atom is -0.323 e. The summed E-state index contributed by atoms with van der Waals surface area (Å²) in [7, 11) is -1.06. The second-order valence-electron chi connectivity index (χ2n) is 4.65. The number of carbonyl (C=O) groups is 1. The Hall–Kier alpha value is -2.80. The summed E-state index contributed by atoms with van der Waals surface area (Å²) < 4.78 is 11.3. The minimum atomic E-state index is -1.06. The van der Waals surface area contributed by atoms with Gasteiger partial charge in [-0.15, -0.1) is 0 Å². The van der Waals surface area contributed by atoms with E-state index in [0.29, 0.717) is 16.1 Å². The molecule has 0 aromatic heterocycles. The smallest absolute Gasteiger partial charge is 0.269 e. The maximum atomic E-state index is 11.8. The van der Waals surface area contributed by atoms with E-state index in [0.717, 1.165) is 0 Å². The second kappa shape index (κ2) is 7.46. The average molecular weight is 330 g/mol. The summed E-state index contributed by atoms with van der Waals surface area (Å²) in [5.41, 5.74) is 1.28. The van der Waals surface area contributed by atoms with Gasteiger partial charge in [-0.25, -0.2) is 0 Å². The van der Waals surface area contributed by atoms with Gasteiger partial charge in [-0.2, -0.15) is 0 Å². The molecule has 0 aliphatic heterocycles. The molecule has 0 heterocycles. The van der Waals surface area contributed by atoms with Gasteiger partial charge in [0.1, 0.15) is 0 Å². The largest absolute Gasteiger partial charge is 0.323 e. The number of carbonyl (C=O) groups excluding carboxylic acids is 1. The molecule has 1 amide bonds. The molecule has 0 saturated carbocycles. The fraction of sp³-hybridized carbons (Fsp3) is 0.0625. The van der Waals surface area contributed by atoms with Crippen molar-refractivity contribution in [1.82, 2.24) is 0 Å². The van der Waals surface area contributed by atoms with Crippen LogP contribution in [0.15, 0.2) is 59.5 Å². The van der Waals surface area contributed by atoms with Crippen molar-refractivity contribution in [1.29, 1.82) is 0 Å². The van der Waals surface area contributed by atoms with Gasteiger partial charge in [0.15, 0.2) is 0 Å². The predicted octanol–water partition coefficient (Wildman–Crippen LogP) is 2.98. The van der Waals surface area contributed by atoms with Crippen molar-refractivity contribution in [2.24, 2.45) is 0 Å². The molecule has 0 aliphatic rings. The molecule has 0 radical (unpaired) electrons. The van der Waals surface area contributed by atoms with Gasteiger partial charge in [0.05, 0.1) is 4.92 Å². The van der Waals surface area contributed by atoms with E-state index in [4.69, 9.17) is 0 Å². The summed E-state index contributed by atoms with van der Waals surface area (Å²) in [4.78, 5) is 22.6. The fourth-order valence-corrected chi connectivity index (χ4v) is 2.31. The number of nitrogens with zero attached hydrogens (tertiary/aromatic N) is 1. The van der Waals surface area contributed by atoms with E-state index in [-0.39, 0.29) is 11.6 Å². The Bertz CT molecular complexity index is 768. The number of benzene rings is 2. The highest BCUT2D eigenvalue weighted by atomic mass is 32.2. The van der Waals surface area contributed by atoms with E-state index >= 15 is 0 Å². The first-order valence-corrected chi connectivity index (χ1v) is 8.18. The van der Waals surface area contributed by atoms with Gasteiger partial charge in [0, 0.05) is 45.8 Å². The summed E-state index contributed by atoms with van der Waals surface area (Å²) in [6.45, 7) is 0. The first-order chi connectivity index (χ1) is 11.0. The molecule has 1 N–H and O–H groups in total. The van der Waals surface area contributed by atoms with Crippen LogP contribution in [0.1, 0.15) is 5.56 Å². The van der Waals surface area contributed by atoms with Crippen molar-refractivity contribution >= 4 is 34.2 Å². The van der Waals surface area contributed by atoms with Gasteiger partial charge >= 0.3 is 0 Å². The lowest BCUT2D eigenvalue weighted by atomic mass is 10.2. The first kappa shape index (κ1) is 16.6. The zero-order chi connectivity index (χ0) is 16.8. The minimum absolute atomic E-state index is 0.00000262. The number of nitrogens with one attached hydrogen (secondary N) is 1. The summed E-state index contributed by atoms with van der Waals surface area (Å²) in [5, 5.41) is 13.2. The number of non-ortho nitro benzene ring substituents is 1. The lowest BCUT2D eigenvalue weighted by molar-refractivity contribution is -0.384. The van der Waals surface area contributed by atoms with E-state index < -0.39 is 15.7 Å². The Balaban J connectivity index is 1.98. The number of hydrogen-bond acceptors (Lipinski definition) is 4. The third-order valence-electron chi connectivity index (χ3n) is 2.98. The average Bonchev–Trinajstić information content (AvgIpc) is 2.54. The monoisotopic (exact) mass is 330 g/mol. The van der Waals surface area contributed by atoms with Crippen LogP contribution in [0.4, 0.5) is 11.4 Å². The van der Waals surface area contributed by atoms with Crippen LogP contribution in [0, 0.1) is 10.1 Å². The Morgan fingerprint density at radius 2 is 1.74 bits per heavy atom. The highest BCUT2D eigenvalue weighted by Gasteiger charge is 2.03. The summed E-state index contributed by atoms with van der Waals surface area (Å²) in [6, 6.07) is 12.6. The molecule has 1 atom stereocenters. The van der Waals surface area contributed by atoms with Crippen molar-refractivity contribution < 1.29 is 13.9 Å². The maximum Gasteiger partial charge on any atom is 0.269 e. The van der Waals surface area contributed by atoms with Crippen molar-refractivity contribution in [3.05, 3.63) is 70.3 Å². The highest BCUT2D eigenvalue weighted by molar-refractivity contribution is 7.84. The molecule has 0 bridgehead atoms. The van der Waals surface area contributed by atoms with Gasteiger partial charge in [-0.05, 0) is 48.0 Å². The normalized spacial score (nSPS) is 12.0. The van der Waals surface area contributed by atoms with E-state index in [2.05, 4.69) is 5.32 Å². The van der Waals surface area contributed by atoms with E-state index in [1.54, 1.807) is 48.7 Å². The lowest BCUT2D eigenvalue weighted by Crippen LogP contribution is -2.07. The molecule has 118 valence electrons. The first-order valence-electron chi connectivity index (χ1n) is 6.63. The van der Waals surface area contributed by atoms with Crippen LogP contribution >= 0.6 is 0 Å². The molecule has 6 nitrogen and oxygen atoms in total. The number of anilines is 1. The van der Waals surface area contributed by atoms with Crippen LogP contribution < -0.4 is 5.32 Å². The lowest BCUT2D eigenvalue weighted by Gasteiger charge is -2.03. The standard InChI is InChI=1S/C16H14N2O4S/c1-23(22)15-9-5-13(6-10-15)17-16(19)11-4-12-2-7-14(8-3-12)18(20)21/h2-11H,1H3,(H,17,19)/b11-4+/t23-/m1/s1. The number of hydrogen-bond donors (Lipinski definition) is 1. The summed E-state index contributed by atoms with van der Waals surface area (Å²) in [5.74, 6) is -0.325. The van der Waals surface area contributed by atoms with Crippen molar-refractivity contribution in [3.63, 3.8) is 0 Å². The van der Waals surface area contributed by atoms with Crippen molar-refractivity contribution in [3.8, 4) is 0 Å². The highest BCUT2D eigenvalue weighted by Crippen LogP contribution is 2.14. The number of nitro groups is 1. The summed E-state index contributed by atoms with van der Waals surface area (Å²) >= 11 is 0. The number of amides is 1. The van der Waals surface area contributed by atoms with Crippen LogP contribution in [0.5, 0.6) is 0 Å².